The lowest BCUT2D eigenvalue weighted by molar-refractivity contribution is -0.118. The van der Waals surface area contributed by atoms with Crippen LogP contribution in [0.25, 0.3) is 0 Å². The highest BCUT2D eigenvalue weighted by molar-refractivity contribution is 7.99. The van der Waals surface area contributed by atoms with Crippen molar-refractivity contribution in [2.75, 3.05) is 12.4 Å². The summed E-state index contributed by atoms with van der Waals surface area (Å²) in [5.41, 5.74) is 4.81. The summed E-state index contributed by atoms with van der Waals surface area (Å²) >= 11 is 1.65. The van der Waals surface area contributed by atoms with Crippen LogP contribution in [-0.4, -0.2) is 18.3 Å². The highest BCUT2D eigenvalue weighted by Gasteiger charge is 2.06. The number of thioether (sulfide) groups is 1. The Hall–Kier alpha value is -1.78. The number of nitrogens with one attached hydrogen (secondary N) is 1. The zero-order valence-electron chi connectivity index (χ0n) is 14.4. The first-order valence-electron chi connectivity index (χ1n) is 8.24. The first kappa shape index (κ1) is 18.6. The summed E-state index contributed by atoms with van der Waals surface area (Å²) in [6.07, 6.45) is 0. The molecule has 1 N–H and O–H groups in total. The molecule has 0 aliphatic carbocycles. The van der Waals surface area contributed by atoms with Gasteiger partial charge in [0.25, 0.3) is 0 Å². The Bertz CT molecular complexity index is 658. The normalized spacial score (nSPS) is 10.6. The van der Waals surface area contributed by atoms with Crippen LogP contribution in [0.2, 0.25) is 0 Å². The number of aryl methyl sites for hydroxylation is 1. The van der Waals surface area contributed by atoms with E-state index in [1.807, 2.05) is 43.3 Å². The smallest absolute Gasteiger partial charge is 0.230 e. The van der Waals surface area contributed by atoms with Crippen molar-refractivity contribution < 1.29 is 9.53 Å². The Morgan fingerprint density at radius 1 is 1.04 bits per heavy atom. The van der Waals surface area contributed by atoms with Crippen LogP contribution in [0.4, 0.5) is 0 Å². The van der Waals surface area contributed by atoms with Gasteiger partial charge in [0, 0.05) is 18.9 Å². The van der Waals surface area contributed by atoms with Crippen molar-refractivity contribution in [3.63, 3.8) is 0 Å². The summed E-state index contributed by atoms with van der Waals surface area (Å²) < 4.78 is 5.48. The fourth-order valence-corrected chi connectivity index (χ4v) is 3.29. The number of amides is 1. The molecule has 0 radical (unpaired) electrons. The number of hydrogen-bond acceptors (Lipinski definition) is 3. The molecule has 0 atom stereocenters. The van der Waals surface area contributed by atoms with E-state index in [0.717, 1.165) is 16.9 Å². The van der Waals surface area contributed by atoms with E-state index in [1.54, 1.807) is 11.8 Å². The fraction of sp³-hybridized carbons (Fsp3) is 0.350. The Kier molecular flexibility index (Phi) is 7.86. The molecule has 0 bridgehead atoms. The molecule has 0 spiro atoms. The molecule has 24 heavy (non-hydrogen) atoms. The van der Waals surface area contributed by atoms with Crippen molar-refractivity contribution in [2.45, 2.75) is 32.8 Å². The lowest BCUT2D eigenvalue weighted by atomic mass is 10.1. The second kappa shape index (κ2) is 10.2. The monoisotopic (exact) mass is 343 g/mol. The number of hydrogen-bond donors (Lipinski definition) is 1. The Morgan fingerprint density at radius 2 is 1.71 bits per heavy atom. The number of carbonyl (C=O) groups excluding carboxylic acids is 1. The van der Waals surface area contributed by atoms with Crippen LogP contribution >= 0.6 is 11.8 Å². The third-order valence-electron chi connectivity index (χ3n) is 3.81. The van der Waals surface area contributed by atoms with Gasteiger partial charge >= 0.3 is 0 Å². The number of rotatable bonds is 9. The molecule has 2 rings (SSSR count). The maximum Gasteiger partial charge on any atom is 0.230 e. The van der Waals surface area contributed by atoms with E-state index in [4.69, 9.17) is 4.74 Å². The second-order valence-corrected chi connectivity index (χ2v) is 6.59. The van der Waals surface area contributed by atoms with Crippen molar-refractivity contribution in [1.29, 1.82) is 0 Å². The first-order chi connectivity index (χ1) is 11.7. The van der Waals surface area contributed by atoms with Crippen molar-refractivity contribution in [1.82, 2.24) is 5.32 Å². The predicted molar refractivity (Wildman–Crippen MR) is 101 cm³/mol. The summed E-state index contributed by atoms with van der Waals surface area (Å²) in [4.78, 5) is 12.1. The molecule has 0 saturated heterocycles. The SMILES string of the molecule is CCOCc1ccccc1CNC(=O)CSCc1ccccc1C. The molecule has 128 valence electrons. The van der Waals surface area contributed by atoms with Gasteiger partial charge in [-0.1, -0.05) is 48.5 Å². The van der Waals surface area contributed by atoms with Gasteiger partial charge in [-0.05, 0) is 36.1 Å². The van der Waals surface area contributed by atoms with Crippen LogP contribution < -0.4 is 5.32 Å². The summed E-state index contributed by atoms with van der Waals surface area (Å²) in [6, 6.07) is 16.4. The van der Waals surface area contributed by atoms with Gasteiger partial charge in [-0.25, -0.2) is 0 Å². The van der Waals surface area contributed by atoms with Gasteiger partial charge in [0.15, 0.2) is 0 Å². The molecule has 0 aliphatic heterocycles. The van der Waals surface area contributed by atoms with Crippen LogP contribution in [0.15, 0.2) is 48.5 Å². The Labute approximate surface area is 148 Å². The van der Waals surface area contributed by atoms with Gasteiger partial charge < -0.3 is 10.1 Å². The lowest BCUT2D eigenvalue weighted by Crippen LogP contribution is -2.25. The standard InChI is InChI=1S/C20H25NO2S/c1-3-23-13-18-10-7-6-9-17(18)12-21-20(22)15-24-14-19-11-5-4-8-16(19)2/h4-11H,3,12-15H2,1-2H3,(H,21,22). The van der Waals surface area contributed by atoms with Gasteiger partial charge in [-0.2, -0.15) is 0 Å². The van der Waals surface area contributed by atoms with Crippen LogP contribution in [0.3, 0.4) is 0 Å². The van der Waals surface area contributed by atoms with E-state index in [9.17, 15) is 4.79 Å². The van der Waals surface area contributed by atoms with Gasteiger partial charge in [-0.15, -0.1) is 11.8 Å². The van der Waals surface area contributed by atoms with Gasteiger partial charge in [-0.3, -0.25) is 4.79 Å². The third-order valence-corrected chi connectivity index (χ3v) is 4.79. The highest BCUT2D eigenvalue weighted by Crippen LogP contribution is 2.16. The number of benzene rings is 2. The molecule has 4 heteroatoms. The third kappa shape index (κ3) is 6.02. The van der Waals surface area contributed by atoms with Crippen LogP contribution in [0, 0.1) is 6.92 Å². The predicted octanol–water partition coefficient (Wildman–Crippen LogP) is 4.08. The Morgan fingerprint density at radius 3 is 2.42 bits per heavy atom. The molecular formula is C20H25NO2S. The molecular weight excluding hydrogens is 318 g/mol. The molecule has 0 aliphatic rings. The number of ether oxygens (including phenoxy) is 1. The molecule has 0 aromatic heterocycles. The van der Waals surface area contributed by atoms with Crippen LogP contribution in [0.5, 0.6) is 0 Å². The molecule has 2 aromatic carbocycles. The average Bonchev–Trinajstić information content (AvgIpc) is 2.60. The van der Waals surface area contributed by atoms with E-state index in [2.05, 4.69) is 24.4 Å². The second-order valence-electron chi connectivity index (χ2n) is 5.60. The van der Waals surface area contributed by atoms with Crippen molar-refractivity contribution >= 4 is 17.7 Å². The molecule has 3 nitrogen and oxygen atoms in total. The Balaban J connectivity index is 1.76. The van der Waals surface area contributed by atoms with E-state index in [-0.39, 0.29) is 5.91 Å². The summed E-state index contributed by atoms with van der Waals surface area (Å²) in [5.74, 6) is 1.41. The zero-order chi connectivity index (χ0) is 17.2. The highest BCUT2D eigenvalue weighted by atomic mass is 32.2. The van der Waals surface area contributed by atoms with E-state index in [0.29, 0.717) is 25.5 Å². The summed E-state index contributed by atoms with van der Waals surface area (Å²) in [7, 11) is 0. The van der Waals surface area contributed by atoms with Crippen LogP contribution in [0.1, 0.15) is 29.2 Å². The minimum absolute atomic E-state index is 0.0693. The minimum atomic E-state index is 0.0693. The summed E-state index contributed by atoms with van der Waals surface area (Å²) in [6.45, 7) is 5.91. The van der Waals surface area contributed by atoms with E-state index < -0.39 is 0 Å². The maximum absolute atomic E-state index is 12.1. The largest absolute Gasteiger partial charge is 0.377 e. The van der Waals surface area contributed by atoms with E-state index in [1.165, 1.54) is 11.1 Å². The topological polar surface area (TPSA) is 38.3 Å². The quantitative estimate of drug-likeness (QED) is 0.745. The fourth-order valence-electron chi connectivity index (χ4n) is 2.35. The molecule has 0 saturated carbocycles. The van der Waals surface area contributed by atoms with Crippen molar-refractivity contribution in [3.05, 3.63) is 70.8 Å². The molecule has 0 fully saturated rings. The van der Waals surface area contributed by atoms with Gasteiger partial charge in [0.1, 0.15) is 0 Å². The number of carbonyl (C=O) groups is 1. The molecule has 2 aromatic rings. The van der Waals surface area contributed by atoms with Gasteiger partial charge in [0.2, 0.25) is 5.91 Å². The summed E-state index contributed by atoms with van der Waals surface area (Å²) in [5, 5.41) is 3.00. The molecule has 0 unspecified atom stereocenters. The minimum Gasteiger partial charge on any atom is -0.377 e. The van der Waals surface area contributed by atoms with E-state index >= 15 is 0 Å². The first-order valence-corrected chi connectivity index (χ1v) is 9.39. The zero-order valence-corrected chi connectivity index (χ0v) is 15.2. The van der Waals surface area contributed by atoms with Crippen LogP contribution in [-0.2, 0) is 28.4 Å². The maximum atomic E-state index is 12.1. The molecule has 0 heterocycles. The lowest BCUT2D eigenvalue weighted by Gasteiger charge is -2.11. The molecule has 1 amide bonds. The van der Waals surface area contributed by atoms with Crippen molar-refractivity contribution in [2.24, 2.45) is 0 Å². The van der Waals surface area contributed by atoms with Crippen molar-refractivity contribution in [3.8, 4) is 0 Å². The average molecular weight is 343 g/mol. The van der Waals surface area contributed by atoms with Gasteiger partial charge in [0.05, 0.1) is 12.4 Å².